The lowest BCUT2D eigenvalue weighted by Gasteiger charge is -2.36. The Morgan fingerprint density at radius 2 is 2.05 bits per heavy atom. The van der Waals surface area contributed by atoms with Crippen molar-refractivity contribution in [2.24, 2.45) is 5.92 Å². The van der Waals surface area contributed by atoms with Crippen molar-refractivity contribution in [2.45, 2.75) is 38.1 Å². The van der Waals surface area contributed by atoms with E-state index in [1.165, 1.54) is 26.4 Å². The van der Waals surface area contributed by atoms with Gasteiger partial charge in [-0.2, -0.15) is 0 Å². The van der Waals surface area contributed by atoms with Gasteiger partial charge in [0.2, 0.25) is 0 Å². The Bertz CT molecular complexity index is 471. The molecule has 0 saturated heterocycles. The van der Waals surface area contributed by atoms with Gasteiger partial charge in [-0.3, -0.25) is 0 Å². The number of para-hydroxylation sites is 2. The van der Waals surface area contributed by atoms with Crippen LogP contribution in [-0.4, -0.2) is 25.7 Å². The average molecular weight is 277 g/mol. The molecule has 0 spiro atoms. The van der Waals surface area contributed by atoms with Crippen molar-refractivity contribution in [3.05, 3.63) is 24.3 Å². The van der Waals surface area contributed by atoms with Gasteiger partial charge in [0.1, 0.15) is 11.3 Å². The minimum atomic E-state index is -0.714. The molecule has 1 N–H and O–H groups in total. The molecule has 1 aliphatic carbocycles. The lowest BCUT2D eigenvalue weighted by molar-refractivity contribution is -0.146. The number of methoxy groups -OCH3 is 2. The molecule has 4 heteroatoms. The molecule has 1 fully saturated rings. The minimum absolute atomic E-state index is 0.227. The molecule has 0 heterocycles. The van der Waals surface area contributed by atoms with Crippen molar-refractivity contribution in [1.82, 2.24) is 0 Å². The molecule has 1 aromatic rings. The van der Waals surface area contributed by atoms with Crippen molar-refractivity contribution in [2.75, 3.05) is 19.5 Å². The molecule has 0 bridgehead atoms. The van der Waals surface area contributed by atoms with Gasteiger partial charge in [0, 0.05) is 0 Å². The summed E-state index contributed by atoms with van der Waals surface area (Å²) in [6.45, 7) is 1.91. The fourth-order valence-corrected chi connectivity index (χ4v) is 2.73. The van der Waals surface area contributed by atoms with E-state index >= 15 is 0 Å². The molecular formula is C16H23NO3. The number of hydrogen-bond acceptors (Lipinski definition) is 4. The zero-order chi connectivity index (χ0) is 14.6. The second-order valence-electron chi connectivity index (χ2n) is 5.65. The quantitative estimate of drug-likeness (QED) is 0.811. The third kappa shape index (κ3) is 3.06. The predicted molar refractivity (Wildman–Crippen MR) is 79.0 cm³/mol. The van der Waals surface area contributed by atoms with E-state index in [-0.39, 0.29) is 5.97 Å². The minimum Gasteiger partial charge on any atom is -0.495 e. The fraction of sp³-hybridized carbons (Fsp3) is 0.562. The van der Waals surface area contributed by atoms with Gasteiger partial charge in [0.05, 0.1) is 19.9 Å². The summed E-state index contributed by atoms with van der Waals surface area (Å²) < 4.78 is 10.3. The molecular weight excluding hydrogens is 254 g/mol. The summed E-state index contributed by atoms with van der Waals surface area (Å²) in [5.74, 6) is 1.10. The zero-order valence-corrected chi connectivity index (χ0v) is 12.4. The molecule has 110 valence electrons. The highest BCUT2D eigenvalue weighted by atomic mass is 16.5. The van der Waals surface area contributed by atoms with Crippen LogP contribution in [0.4, 0.5) is 5.69 Å². The number of nitrogens with one attached hydrogen (secondary N) is 1. The highest BCUT2D eigenvalue weighted by Gasteiger charge is 2.38. The van der Waals surface area contributed by atoms with Gasteiger partial charge in [-0.25, -0.2) is 4.79 Å². The highest BCUT2D eigenvalue weighted by molar-refractivity contribution is 5.84. The number of anilines is 1. The summed E-state index contributed by atoms with van der Waals surface area (Å²) >= 11 is 0. The van der Waals surface area contributed by atoms with Crippen LogP contribution in [-0.2, 0) is 9.53 Å². The third-order valence-electron chi connectivity index (χ3n) is 4.08. The standard InChI is InChI=1S/C16H23NO3/c1-16(15(18)20-3,11-12-7-6-8-12)17-13-9-4-5-10-14(13)19-2/h4-5,9-10,12,17H,6-8,11H2,1-3H3. The lowest BCUT2D eigenvalue weighted by Crippen LogP contribution is -2.46. The number of hydrogen-bond donors (Lipinski definition) is 1. The molecule has 1 aliphatic rings. The second-order valence-corrected chi connectivity index (χ2v) is 5.65. The Morgan fingerprint density at radius 1 is 1.35 bits per heavy atom. The first-order chi connectivity index (χ1) is 9.59. The lowest BCUT2D eigenvalue weighted by atomic mass is 9.76. The van der Waals surface area contributed by atoms with Crippen LogP contribution in [0.25, 0.3) is 0 Å². The zero-order valence-electron chi connectivity index (χ0n) is 12.4. The van der Waals surface area contributed by atoms with Gasteiger partial charge >= 0.3 is 5.97 Å². The molecule has 0 amide bonds. The van der Waals surface area contributed by atoms with E-state index in [0.29, 0.717) is 5.92 Å². The van der Waals surface area contributed by atoms with Gasteiger partial charge in [0.25, 0.3) is 0 Å². The second kappa shape index (κ2) is 6.16. The molecule has 1 aromatic carbocycles. The summed E-state index contributed by atoms with van der Waals surface area (Å²) in [7, 11) is 3.06. The molecule has 0 radical (unpaired) electrons. The summed E-state index contributed by atoms with van der Waals surface area (Å²) in [5.41, 5.74) is 0.108. The summed E-state index contributed by atoms with van der Waals surface area (Å²) in [4.78, 5) is 12.2. The molecule has 1 saturated carbocycles. The monoisotopic (exact) mass is 277 g/mol. The Labute approximate surface area is 120 Å². The Kier molecular flexibility index (Phi) is 4.53. The molecule has 4 nitrogen and oxygen atoms in total. The normalized spacial score (nSPS) is 17.8. The molecule has 0 aliphatic heterocycles. The van der Waals surface area contributed by atoms with Crippen LogP contribution < -0.4 is 10.1 Å². The van der Waals surface area contributed by atoms with Gasteiger partial charge in [0.15, 0.2) is 0 Å². The van der Waals surface area contributed by atoms with Crippen LogP contribution in [0, 0.1) is 5.92 Å². The van der Waals surface area contributed by atoms with Gasteiger partial charge in [-0.15, -0.1) is 0 Å². The SMILES string of the molecule is COC(=O)C(C)(CC1CCC1)Nc1ccccc1OC. The Hall–Kier alpha value is -1.71. The van der Waals surface area contributed by atoms with Crippen molar-refractivity contribution >= 4 is 11.7 Å². The predicted octanol–water partition coefficient (Wildman–Crippen LogP) is 3.23. The molecule has 20 heavy (non-hydrogen) atoms. The van der Waals surface area contributed by atoms with Crippen LogP contribution >= 0.6 is 0 Å². The van der Waals surface area contributed by atoms with E-state index in [1.54, 1.807) is 7.11 Å². The van der Waals surface area contributed by atoms with E-state index in [0.717, 1.165) is 17.9 Å². The average Bonchev–Trinajstić information content (AvgIpc) is 2.42. The maximum atomic E-state index is 12.2. The van der Waals surface area contributed by atoms with Crippen LogP contribution in [0.2, 0.25) is 0 Å². The van der Waals surface area contributed by atoms with Crippen LogP contribution in [0.15, 0.2) is 24.3 Å². The number of rotatable bonds is 6. The van der Waals surface area contributed by atoms with Gasteiger partial charge in [-0.05, 0) is 31.4 Å². The fourth-order valence-electron chi connectivity index (χ4n) is 2.73. The molecule has 0 aromatic heterocycles. The van der Waals surface area contributed by atoms with E-state index < -0.39 is 5.54 Å². The summed E-state index contributed by atoms with van der Waals surface area (Å²) in [6, 6.07) is 7.63. The van der Waals surface area contributed by atoms with E-state index in [4.69, 9.17) is 9.47 Å². The van der Waals surface area contributed by atoms with Crippen molar-refractivity contribution in [1.29, 1.82) is 0 Å². The van der Waals surface area contributed by atoms with E-state index in [1.807, 2.05) is 31.2 Å². The van der Waals surface area contributed by atoms with Gasteiger partial charge in [-0.1, -0.05) is 31.4 Å². The van der Waals surface area contributed by atoms with Gasteiger partial charge < -0.3 is 14.8 Å². The Balaban J connectivity index is 2.19. The highest BCUT2D eigenvalue weighted by Crippen LogP contribution is 2.37. The number of carbonyl (C=O) groups is 1. The summed E-state index contributed by atoms with van der Waals surface area (Å²) in [6.07, 6.45) is 4.44. The van der Waals surface area contributed by atoms with Crippen molar-refractivity contribution in [3.8, 4) is 5.75 Å². The molecule has 2 rings (SSSR count). The maximum Gasteiger partial charge on any atom is 0.331 e. The van der Waals surface area contributed by atoms with E-state index in [2.05, 4.69) is 5.32 Å². The van der Waals surface area contributed by atoms with Crippen LogP contribution in [0.3, 0.4) is 0 Å². The maximum absolute atomic E-state index is 12.2. The van der Waals surface area contributed by atoms with E-state index in [9.17, 15) is 4.79 Å². The first kappa shape index (κ1) is 14.7. The number of benzene rings is 1. The molecule has 1 atom stereocenters. The third-order valence-corrected chi connectivity index (χ3v) is 4.08. The van der Waals surface area contributed by atoms with Crippen LogP contribution in [0.1, 0.15) is 32.6 Å². The summed E-state index contributed by atoms with van der Waals surface area (Å²) in [5, 5.41) is 3.33. The number of carbonyl (C=O) groups excluding carboxylic acids is 1. The smallest absolute Gasteiger partial charge is 0.331 e. The Morgan fingerprint density at radius 3 is 2.60 bits per heavy atom. The number of ether oxygens (including phenoxy) is 2. The largest absolute Gasteiger partial charge is 0.495 e. The first-order valence-electron chi connectivity index (χ1n) is 7.08. The van der Waals surface area contributed by atoms with Crippen molar-refractivity contribution < 1.29 is 14.3 Å². The first-order valence-corrected chi connectivity index (χ1v) is 7.08. The molecule has 1 unspecified atom stereocenters. The topological polar surface area (TPSA) is 47.6 Å². The number of esters is 1. The van der Waals surface area contributed by atoms with Crippen LogP contribution in [0.5, 0.6) is 5.75 Å². The van der Waals surface area contributed by atoms with Crippen molar-refractivity contribution in [3.63, 3.8) is 0 Å².